The number of nitrogens with two attached hydrogens (primary N) is 1. The third kappa shape index (κ3) is 5.00. The molecule has 5 rings (SSSR count). The summed E-state index contributed by atoms with van der Waals surface area (Å²) in [5.74, 6) is -0.122. The fraction of sp³-hybridized carbons (Fsp3) is 0.207. The molecule has 1 aliphatic carbocycles. The van der Waals surface area contributed by atoms with Crippen LogP contribution in [-0.2, 0) is 10.0 Å². The number of nitrogens with zero attached hydrogens (tertiary/aromatic N) is 3. The van der Waals surface area contributed by atoms with Gasteiger partial charge in [-0.2, -0.15) is 4.31 Å². The maximum Gasteiger partial charge on any atom is 0.243 e. The van der Waals surface area contributed by atoms with Gasteiger partial charge in [0.1, 0.15) is 17.3 Å². The second-order valence-corrected chi connectivity index (χ2v) is 11.3. The number of allylic oxidation sites excluding steroid dienone is 2. The predicted molar refractivity (Wildman–Crippen MR) is 146 cm³/mol. The molecule has 1 aromatic heterocycles. The Morgan fingerprint density at radius 3 is 2.51 bits per heavy atom. The molecule has 39 heavy (non-hydrogen) atoms. The average Bonchev–Trinajstić information content (AvgIpc) is 2.97. The number of aromatic nitrogens is 1. The molecule has 8 nitrogen and oxygen atoms in total. The lowest BCUT2D eigenvalue weighted by molar-refractivity contribution is 0.0770. The molecule has 2 aromatic carbocycles. The number of pyridine rings is 1. The summed E-state index contributed by atoms with van der Waals surface area (Å²) in [4.78, 5) is 23.2. The molecule has 3 aromatic rings. The Hall–Kier alpha value is -4.15. The third-order valence-corrected chi connectivity index (χ3v) is 8.99. The number of benzene rings is 2. The van der Waals surface area contributed by atoms with Crippen molar-refractivity contribution in [1.82, 2.24) is 9.29 Å². The van der Waals surface area contributed by atoms with Gasteiger partial charge in [-0.3, -0.25) is 9.78 Å². The molecule has 1 atom stereocenters. The number of aliphatic imine (C=N–C) groups is 1. The topological polar surface area (TPSA) is 115 Å². The van der Waals surface area contributed by atoms with E-state index in [4.69, 9.17) is 10.5 Å². The van der Waals surface area contributed by atoms with E-state index < -0.39 is 15.4 Å². The summed E-state index contributed by atoms with van der Waals surface area (Å²) in [5, 5.41) is 0. The Balaban J connectivity index is 1.60. The minimum Gasteiger partial charge on any atom is -0.497 e. The van der Waals surface area contributed by atoms with Gasteiger partial charge in [-0.15, -0.1) is 0 Å². The number of Topliss-reactive ketones (excluding diaryl/α,β-unsaturated/α-hetero) is 1. The monoisotopic (exact) mass is 546 g/mol. The van der Waals surface area contributed by atoms with E-state index in [-0.39, 0.29) is 41.7 Å². The van der Waals surface area contributed by atoms with Gasteiger partial charge < -0.3 is 10.5 Å². The Kier molecular flexibility index (Phi) is 7.16. The number of sulfonamides is 1. The predicted octanol–water partition coefficient (Wildman–Crippen LogP) is 4.44. The van der Waals surface area contributed by atoms with Crippen LogP contribution in [0.2, 0.25) is 0 Å². The van der Waals surface area contributed by atoms with Crippen molar-refractivity contribution in [2.75, 3.05) is 20.2 Å². The zero-order valence-corrected chi connectivity index (χ0v) is 22.1. The average molecular weight is 547 g/mol. The van der Waals surface area contributed by atoms with Gasteiger partial charge in [0, 0.05) is 19.3 Å². The first kappa shape index (κ1) is 26.5. The Morgan fingerprint density at radius 2 is 1.87 bits per heavy atom. The van der Waals surface area contributed by atoms with Crippen LogP contribution in [0.3, 0.4) is 0 Å². The maximum absolute atomic E-state index is 14.1. The van der Waals surface area contributed by atoms with Crippen LogP contribution in [0.1, 0.15) is 23.3 Å². The Labute approximate surface area is 226 Å². The zero-order chi connectivity index (χ0) is 27.6. The normalized spacial score (nSPS) is 21.8. The van der Waals surface area contributed by atoms with Crippen LogP contribution < -0.4 is 10.5 Å². The molecular weight excluding hydrogens is 519 g/mol. The highest BCUT2D eigenvalue weighted by atomic mass is 32.2. The molecule has 1 aliphatic heterocycles. The lowest BCUT2D eigenvalue weighted by Gasteiger charge is -2.45. The van der Waals surface area contributed by atoms with Crippen LogP contribution >= 0.6 is 0 Å². The van der Waals surface area contributed by atoms with Crippen molar-refractivity contribution in [3.8, 4) is 5.75 Å². The maximum atomic E-state index is 14.1. The minimum atomic E-state index is -3.92. The molecule has 2 N–H and O–H groups in total. The summed E-state index contributed by atoms with van der Waals surface area (Å²) < 4.78 is 47.3. The molecule has 1 fully saturated rings. The summed E-state index contributed by atoms with van der Waals surface area (Å²) in [7, 11) is -2.41. The third-order valence-electron chi connectivity index (χ3n) is 7.13. The first-order chi connectivity index (χ1) is 18.8. The number of halogens is 1. The highest BCUT2D eigenvalue weighted by molar-refractivity contribution is 7.89. The van der Waals surface area contributed by atoms with Crippen LogP contribution in [0.15, 0.2) is 106 Å². The molecule has 0 unspecified atom stereocenters. The minimum absolute atomic E-state index is 0.0796. The first-order valence-corrected chi connectivity index (χ1v) is 13.8. The molecule has 0 amide bonds. The lowest BCUT2D eigenvalue weighted by Crippen LogP contribution is -2.53. The molecule has 0 spiro atoms. The zero-order valence-electron chi connectivity index (χ0n) is 21.2. The highest BCUT2D eigenvalue weighted by Gasteiger charge is 2.51. The second kappa shape index (κ2) is 10.5. The van der Waals surface area contributed by atoms with E-state index in [1.165, 1.54) is 48.1 Å². The number of hydrogen-bond acceptors (Lipinski definition) is 7. The van der Waals surface area contributed by atoms with Crippen LogP contribution in [0.4, 0.5) is 10.1 Å². The number of hydrogen-bond donors (Lipinski definition) is 1. The summed E-state index contributed by atoms with van der Waals surface area (Å²) in [6, 6.07) is 17.0. The first-order valence-electron chi connectivity index (χ1n) is 12.3. The lowest BCUT2D eigenvalue weighted by atomic mass is 9.64. The van der Waals surface area contributed by atoms with E-state index in [1.807, 2.05) is 6.08 Å². The van der Waals surface area contributed by atoms with Crippen LogP contribution in [0.5, 0.6) is 5.75 Å². The standard InChI is InChI=1S/C29H27FN4O4S/c1-38-24-9-11-25(12-10-24)39(36,37)34-15-13-21-16-27(33-23-7-5-22(30)6-8-23)20(18-31)17-29(21,19-34)28(35)26-4-2-3-14-32-26/h2-12,14,16,18H,13,15,17,19,31H2,1H3/t29-/m0/s1. The van der Waals surface area contributed by atoms with Crippen LogP contribution in [0.25, 0.3) is 0 Å². The van der Waals surface area contributed by atoms with Gasteiger partial charge in [0.15, 0.2) is 5.78 Å². The van der Waals surface area contributed by atoms with Crippen molar-refractivity contribution in [2.45, 2.75) is 17.7 Å². The number of methoxy groups -OCH3 is 1. The number of fused-ring (bicyclic) bond motifs is 1. The number of ketones is 1. The van der Waals surface area contributed by atoms with Gasteiger partial charge >= 0.3 is 0 Å². The van der Waals surface area contributed by atoms with Gasteiger partial charge in [0.2, 0.25) is 10.0 Å². The second-order valence-electron chi connectivity index (χ2n) is 9.40. The summed E-state index contributed by atoms with van der Waals surface area (Å²) >= 11 is 0. The van der Waals surface area contributed by atoms with Crippen molar-refractivity contribution < 1.29 is 22.3 Å². The van der Waals surface area contributed by atoms with Gasteiger partial charge in [0.25, 0.3) is 0 Å². The molecule has 200 valence electrons. The molecule has 1 saturated heterocycles. The summed E-state index contributed by atoms with van der Waals surface area (Å²) in [6.07, 6.45) is 5.18. The van der Waals surface area contributed by atoms with Crippen molar-refractivity contribution in [3.05, 3.63) is 108 Å². The summed E-state index contributed by atoms with van der Waals surface area (Å²) in [6.45, 7) is 0.104. The van der Waals surface area contributed by atoms with Crippen molar-refractivity contribution in [1.29, 1.82) is 0 Å². The van der Waals surface area contributed by atoms with Crippen LogP contribution in [0, 0.1) is 11.2 Å². The molecular formula is C29H27FN4O4S. The summed E-state index contributed by atoms with van der Waals surface area (Å²) in [5.41, 5.74) is 7.46. The Morgan fingerprint density at radius 1 is 1.13 bits per heavy atom. The molecule has 10 heteroatoms. The number of carbonyl (C=O) groups excluding carboxylic acids is 1. The van der Waals surface area contributed by atoms with Crippen molar-refractivity contribution >= 4 is 27.2 Å². The van der Waals surface area contributed by atoms with Crippen LogP contribution in [-0.4, -0.2) is 49.4 Å². The van der Waals surface area contributed by atoms with Gasteiger partial charge in [-0.1, -0.05) is 11.6 Å². The number of carbonyl (C=O) groups is 1. The number of ether oxygens (including phenoxy) is 1. The number of piperidine rings is 1. The van der Waals surface area contributed by atoms with E-state index >= 15 is 0 Å². The van der Waals surface area contributed by atoms with Crippen molar-refractivity contribution in [3.63, 3.8) is 0 Å². The SMILES string of the molecule is COc1ccc(S(=O)(=O)N2CCC3=CC(=Nc4ccc(F)cc4)C(=CN)C[C@]3(C(=O)c3ccccn3)C2)cc1. The van der Waals surface area contributed by atoms with Gasteiger partial charge in [-0.05, 0) is 91.4 Å². The fourth-order valence-corrected chi connectivity index (χ4v) is 6.56. The molecule has 2 heterocycles. The largest absolute Gasteiger partial charge is 0.497 e. The Bertz CT molecular complexity index is 1580. The smallest absolute Gasteiger partial charge is 0.243 e. The van der Waals surface area contributed by atoms with E-state index in [0.29, 0.717) is 29.1 Å². The fourth-order valence-electron chi connectivity index (χ4n) is 5.06. The quantitative estimate of drug-likeness (QED) is 0.457. The molecule has 2 aliphatic rings. The molecule has 0 bridgehead atoms. The van der Waals surface area contributed by atoms with E-state index in [0.717, 1.165) is 5.57 Å². The highest BCUT2D eigenvalue weighted by Crippen LogP contribution is 2.47. The van der Waals surface area contributed by atoms with Crippen molar-refractivity contribution in [2.24, 2.45) is 16.1 Å². The van der Waals surface area contributed by atoms with E-state index in [9.17, 15) is 17.6 Å². The van der Waals surface area contributed by atoms with Gasteiger partial charge in [0.05, 0.1) is 28.8 Å². The molecule has 0 radical (unpaired) electrons. The van der Waals surface area contributed by atoms with E-state index in [2.05, 4.69) is 9.98 Å². The number of rotatable bonds is 6. The molecule has 0 saturated carbocycles. The van der Waals surface area contributed by atoms with E-state index in [1.54, 1.807) is 42.5 Å². The van der Waals surface area contributed by atoms with Gasteiger partial charge in [-0.25, -0.2) is 17.8 Å².